The smallest absolute Gasteiger partial charge is 0.243 e. The van der Waals surface area contributed by atoms with Crippen LogP contribution < -0.4 is 14.2 Å². The Morgan fingerprint density at radius 2 is 1.32 bits per heavy atom. The van der Waals surface area contributed by atoms with Gasteiger partial charge < -0.3 is 14.2 Å². The van der Waals surface area contributed by atoms with Crippen LogP contribution in [0.25, 0.3) is 0 Å². The summed E-state index contributed by atoms with van der Waals surface area (Å²) >= 11 is 0. The summed E-state index contributed by atoms with van der Waals surface area (Å²) in [6, 6.07) is 9.24. The number of fused-ring (bicyclic) bond motifs is 1. The number of methoxy groups -OCH3 is 2. The van der Waals surface area contributed by atoms with Gasteiger partial charge >= 0.3 is 0 Å². The minimum absolute atomic E-state index is 0.0595. The summed E-state index contributed by atoms with van der Waals surface area (Å²) in [4.78, 5) is 0.271. The first kappa shape index (κ1) is 21.9. The second kappa shape index (κ2) is 8.30. The largest absolute Gasteiger partial charge is 0.493 e. The normalized spacial score (nSPS) is 17.7. The fourth-order valence-electron chi connectivity index (χ4n) is 3.75. The Morgan fingerprint density at radius 3 is 1.90 bits per heavy atom. The zero-order chi connectivity index (χ0) is 22.2. The van der Waals surface area contributed by atoms with Crippen LogP contribution in [0, 0.1) is 0 Å². The third-order valence-corrected chi connectivity index (χ3v) is 9.28. The van der Waals surface area contributed by atoms with Gasteiger partial charge in [-0.25, -0.2) is 16.8 Å². The average Bonchev–Trinajstić information content (AvgIpc) is 3.26. The summed E-state index contributed by atoms with van der Waals surface area (Å²) in [6.45, 7) is 0.810. The highest BCUT2D eigenvalue weighted by atomic mass is 32.2. The molecule has 1 saturated heterocycles. The Hall–Kier alpha value is -2.34. The maximum absolute atomic E-state index is 13.1. The standard InChI is InChI=1S/C20H24N2O7S2/c1-27-19-6-4-17(14-20(19)28-2)31(25,26)22-10-8-21(9-11-22)30(23,24)16-3-5-18-15(13-16)7-12-29-18/h3-6,13-14H,7-12H2,1-2H3. The summed E-state index contributed by atoms with van der Waals surface area (Å²) in [5.74, 6) is 1.45. The third-order valence-electron chi connectivity index (χ3n) is 5.49. The fourth-order valence-corrected chi connectivity index (χ4v) is 6.66. The van der Waals surface area contributed by atoms with Crippen molar-refractivity contribution in [1.82, 2.24) is 8.61 Å². The highest BCUT2D eigenvalue weighted by Gasteiger charge is 2.34. The molecule has 0 aliphatic carbocycles. The van der Waals surface area contributed by atoms with Gasteiger partial charge in [-0.3, -0.25) is 0 Å². The molecular weight excluding hydrogens is 444 g/mol. The number of benzene rings is 2. The zero-order valence-corrected chi connectivity index (χ0v) is 18.9. The summed E-state index contributed by atoms with van der Waals surface area (Å²) in [5, 5.41) is 0. The van der Waals surface area contributed by atoms with Crippen LogP contribution in [-0.4, -0.2) is 72.5 Å². The van der Waals surface area contributed by atoms with Gasteiger partial charge in [0, 0.05) is 38.7 Å². The first-order valence-electron chi connectivity index (χ1n) is 9.75. The molecule has 0 amide bonds. The maximum Gasteiger partial charge on any atom is 0.243 e. The molecule has 168 valence electrons. The molecule has 0 saturated carbocycles. The van der Waals surface area contributed by atoms with Gasteiger partial charge in [0.1, 0.15) is 5.75 Å². The summed E-state index contributed by atoms with van der Waals surface area (Å²) < 4.78 is 70.6. The lowest BCUT2D eigenvalue weighted by Gasteiger charge is -2.33. The molecule has 0 spiro atoms. The van der Waals surface area contributed by atoms with E-state index in [-0.39, 0.29) is 36.0 Å². The lowest BCUT2D eigenvalue weighted by Crippen LogP contribution is -2.50. The molecule has 0 atom stereocenters. The SMILES string of the molecule is COc1ccc(S(=O)(=O)N2CCN(S(=O)(=O)c3ccc4c(c3)CCO4)CC2)cc1OC. The quantitative estimate of drug-likeness (QED) is 0.630. The van der Waals surface area contributed by atoms with E-state index in [1.54, 1.807) is 12.1 Å². The van der Waals surface area contributed by atoms with Crippen molar-refractivity contribution in [1.29, 1.82) is 0 Å². The second-order valence-corrected chi connectivity index (χ2v) is 11.1. The lowest BCUT2D eigenvalue weighted by molar-refractivity contribution is 0.272. The molecule has 2 heterocycles. The van der Waals surface area contributed by atoms with E-state index < -0.39 is 20.0 Å². The van der Waals surface area contributed by atoms with Crippen molar-refractivity contribution >= 4 is 20.0 Å². The third kappa shape index (κ3) is 3.98. The number of hydrogen-bond acceptors (Lipinski definition) is 7. The number of nitrogens with zero attached hydrogens (tertiary/aromatic N) is 2. The molecule has 31 heavy (non-hydrogen) atoms. The fraction of sp³-hybridized carbons (Fsp3) is 0.400. The van der Waals surface area contributed by atoms with Gasteiger partial charge in [-0.05, 0) is 35.9 Å². The predicted octanol–water partition coefficient (Wildman–Crippen LogP) is 1.33. The number of piperazine rings is 1. The van der Waals surface area contributed by atoms with Gasteiger partial charge in [0.2, 0.25) is 20.0 Å². The maximum atomic E-state index is 13.1. The topological polar surface area (TPSA) is 102 Å². The van der Waals surface area contributed by atoms with Crippen molar-refractivity contribution in [2.75, 3.05) is 47.0 Å². The van der Waals surface area contributed by atoms with E-state index in [4.69, 9.17) is 14.2 Å². The first-order chi connectivity index (χ1) is 14.8. The first-order valence-corrected chi connectivity index (χ1v) is 12.6. The van der Waals surface area contributed by atoms with E-state index in [2.05, 4.69) is 0 Å². The minimum atomic E-state index is -3.80. The molecule has 9 nitrogen and oxygen atoms in total. The average molecular weight is 469 g/mol. The monoisotopic (exact) mass is 468 g/mol. The van der Waals surface area contributed by atoms with E-state index in [9.17, 15) is 16.8 Å². The van der Waals surface area contributed by atoms with Gasteiger partial charge in [0.15, 0.2) is 11.5 Å². The van der Waals surface area contributed by atoms with E-state index in [1.807, 2.05) is 0 Å². The Bertz CT molecular complexity index is 1190. The van der Waals surface area contributed by atoms with E-state index >= 15 is 0 Å². The molecule has 11 heteroatoms. The van der Waals surface area contributed by atoms with E-state index in [1.165, 1.54) is 47.1 Å². The molecular formula is C20H24N2O7S2. The van der Waals surface area contributed by atoms with E-state index in [0.29, 0.717) is 30.3 Å². The van der Waals surface area contributed by atoms with Crippen LogP contribution in [0.2, 0.25) is 0 Å². The van der Waals surface area contributed by atoms with Crippen molar-refractivity contribution in [3.05, 3.63) is 42.0 Å². The highest BCUT2D eigenvalue weighted by molar-refractivity contribution is 7.89. The number of sulfonamides is 2. The second-order valence-electron chi connectivity index (χ2n) is 7.19. The molecule has 0 N–H and O–H groups in total. The lowest BCUT2D eigenvalue weighted by atomic mass is 10.2. The minimum Gasteiger partial charge on any atom is -0.493 e. The molecule has 1 fully saturated rings. The molecule has 2 aliphatic heterocycles. The molecule has 0 aromatic heterocycles. The Kier molecular flexibility index (Phi) is 5.86. The Labute approximate surface area is 182 Å². The van der Waals surface area contributed by atoms with Gasteiger partial charge in [-0.15, -0.1) is 0 Å². The Balaban J connectivity index is 1.50. The van der Waals surface area contributed by atoms with Crippen LogP contribution in [0.5, 0.6) is 17.2 Å². The van der Waals surface area contributed by atoms with Gasteiger partial charge in [0.05, 0.1) is 30.6 Å². The number of ether oxygens (including phenoxy) is 3. The Morgan fingerprint density at radius 1 is 0.774 bits per heavy atom. The molecule has 2 aromatic rings. The molecule has 0 radical (unpaired) electrons. The van der Waals surface area contributed by atoms with Crippen molar-refractivity contribution in [3.63, 3.8) is 0 Å². The molecule has 4 rings (SSSR count). The van der Waals surface area contributed by atoms with Crippen molar-refractivity contribution < 1.29 is 31.0 Å². The molecule has 2 aromatic carbocycles. The highest BCUT2D eigenvalue weighted by Crippen LogP contribution is 2.32. The van der Waals surface area contributed by atoms with Crippen LogP contribution in [0.4, 0.5) is 0 Å². The van der Waals surface area contributed by atoms with Crippen LogP contribution in [0.1, 0.15) is 5.56 Å². The van der Waals surface area contributed by atoms with E-state index in [0.717, 1.165) is 5.56 Å². The zero-order valence-electron chi connectivity index (χ0n) is 17.3. The number of hydrogen-bond donors (Lipinski definition) is 0. The number of rotatable bonds is 6. The van der Waals surface area contributed by atoms with Crippen LogP contribution >= 0.6 is 0 Å². The molecule has 0 bridgehead atoms. The van der Waals surface area contributed by atoms with Crippen LogP contribution in [0.15, 0.2) is 46.2 Å². The van der Waals surface area contributed by atoms with Gasteiger partial charge in [-0.1, -0.05) is 0 Å². The molecule has 2 aliphatic rings. The van der Waals surface area contributed by atoms with Gasteiger partial charge in [0.25, 0.3) is 0 Å². The molecule has 0 unspecified atom stereocenters. The van der Waals surface area contributed by atoms with Crippen molar-refractivity contribution in [2.45, 2.75) is 16.2 Å². The summed E-state index contributed by atoms with van der Waals surface area (Å²) in [5.41, 5.74) is 0.871. The van der Waals surface area contributed by atoms with Crippen LogP contribution in [-0.2, 0) is 26.5 Å². The summed E-state index contributed by atoms with van der Waals surface area (Å²) in [6.07, 6.45) is 0.677. The van der Waals surface area contributed by atoms with Crippen molar-refractivity contribution in [2.24, 2.45) is 0 Å². The van der Waals surface area contributed by atoms with Crippen LogP contribution in [0.3, 0.4) is 0 Å². The predicted molar refractivity (Wildman–Crippen MR) is 113 cm³/mol. The van der Waals surface area contributed by atoms with Gasteiger partial charge in [-0.2, -0.15) is 8.61 Å². The summed E-state index contributed by atoms with van der Waals surface area (Å²) in [7, 11) is -4.61. The van der Waals surface area contributed by atoms with Crippen molar-refractivity contribution in [3.8, 4) is 17.2 Å².